The number of hydrogen-bond acceptors (Lipinski definition) is 2. The van der Waals surface area contributed by atoms with E-state index in [0.29, 0.717) is 5.41 Å². The highest BCUT2D eigenvalue weighted by Gasteiger charge is 2.61. The van der Waals surface area contributed by atoms with Crippen LogP contribution in [-0.2, 0) is 4.74 Å². The van der Waals surface area contributed by atoms with Gasteiger partial charge in [0.05, 0.1) is 0 Å². The third-order valence-corrected chi connectivity index (χ3v) is 4.47. The smallest absolute Gasteiger partial charge is 0.254 e. The highest BCUT2D eigenvalue weighted by molar-refractivity contribution is 7.80. The number of rotatable bonds is 1. The molecule has 0 amide bonds. The van der Waals surface area contributed by atoms with Crippen LogP contribution in [0.4, 0.5) is 0 Å². The lowest BCUT2D eigenvalue weighted by Crippen LogP contribution is -2.44. The van der Waals surface area contributed by atoms with Crippen molar-refractivity contribution in [1.82, 2.24) is 0 Å². The van der Waals surface area contributed by atoms with Gasteiger partial charge in [-0.05, 0) is 37.4 Å². The monoisotopic (exact) mass is 213 g/mol. The molecule has 0 aromatic carbocycles. The van der Waals surface area contributed by atoms with E-state index >= 15 is 0 Å². The fraction of sp³-hybridized carbons (Fsp3) is 0.909. The van der Waals surface area contributed by atoms with Gasteiger partial charge in [0.1, 0.15) is 6.10 Å². The Bertz CT molecular complexity index is 272. The van der Waals surface area contributed by atoms with Crippen LogP contribution in [0.25, 0.3) is 0 Å². The van der Waals surface area contributed by atoms with Gasteiger partial charge in [-0.2, -0.15) is 0 Å². The third kappa shape index (κ3) is 1.25. The second-order valence-electron chi connectivity index (χ2n) is 5.73. The Morgan fingerprint density at radius 3 is 2.50 bits per heavy atom. The quantitative estimate of drug-likeness (QED) is 0.680. The van der Waals surface area contributed by atoms with Crippen LogP contribution in [0.3, 0.4) is 0 Å². The standard InChI is InChI=1S/C11H19NOS/c1-10(2)7-4-5-11(3,6-7)8(10)13-9(12)14/h7-8H,4-6H2,1-3H3,(H2,12,14). The highest BCUT2D eigenvalue weighted by Crippen LogP contribution is 2.63. The van der Waals surface area contributed by atoms with Gasteiger partial charge >= 0.3 is 0 Å². The van der Waals surface area contributed by atoms with Crippen LogP contribution < -0.4 is 5.73 Å². The summed E-state index contributed by atoms with van der Waals surface area (Å²) >= 11 is 4.86. The Kier molecular flexibility index (Phi) is 2.08. The van der Waals surface area contributed by atoms with Crippen molar-refractivity contribution in [3.63, 3.8) is 0 Å². The molecule has 3 heteroatoms. The number of thiocarbonyl (C=S) groups is 1. The van der Waals surface area contributed by atoms with Crippen LogP contribution in [0.1, 0.15) is 40.0 Å². The topological polar surface area (TPSA) is 35.2 Å². The second-order valence-corrected chi connectivity index (χ2v) is 6.13. The lowest BCUT2D eigenvalue weighted by Gasteiger charge is -2.41. The summed E-state index contributed by atoms with van der Waals surface area (Å²) in [6.45, 7) is 6.88. The molecule has 2 aliphatic rings. The van der Waals surface area contributed by atoms with Gasteiger partial charge in [-0.1, -0.05) is 20.8 Å². The predicted molar refractivity (Wildman–Crippen MR) is 60.9 cm³/mol. The zero-order chi connectivity index (χ0) is 10.6. The van der Waals surface area contributed by atoms with Gasteiger partial charge in [-0.15, -0.1) is 0 Å². The SMILES string of the molecule is CC12CCC(C1)C(C)(C)C2OC(N)=S. The largest absolute Gasteiger partial charge is 0.467 e. The Balaban J connectivity index is 2.25. The molecule has 2 rings (SSSR count). The van der Waals surface area contributed by atoms with E-state index in [1.54, 1.807) is 0 Å². The molecular weight excluding hydrogens is 194 g/mol. The van der Waals surface area contributed by atoms with E-state index in [4.69, 9.17) is 22.7 Å². The Morgan fingerprint density at radius 1 is 1.43 bits per heavy atom. The van der Waals surface area contributed by atoms with Crippen molar-refractivity contribution in [2.24, 2.45) is 22.5 Å². The van der Waals surface area contributed by atoms with E-state index in [1.165, 1.54) is 19.3 Å². The molecule has 3 unspecified atom stereocenters. The molecular formula is C11H19NOS. The number of fused-ring (bicyclic) bond motifs is 2. The van der Waals surface area contributed by atoms with Gasteiger partial charge in [-0.3, -0.25) is 0 Å². The summed E-state index contributed by atoms with van der Waals surface area (Å²) in [5.41, 5.74) is 6.03. The van der Waals surface area contributed by atoms with Crippen molar-refractivity contribution in [1.29, 1.82) is 0 Å². The van der Waals surface area contributed by atoms with Gasteiger partial charge < -0.3 is 10.5 Å². The molecule has 0 aliphatic heterocycles. The van der Waals surface area contributed by atoms with Crippen LogP contribution in [-0.4, -0.2) is 11.3 Å². The molecule has 2 aliphatic carbocycles. The minimum atomic E-state index is 0.205. The van der Waals surface area contributed by atoms with Gasteiger partial charge in [0, 0.05) is 10.8 Å². The Morgan fingerprint density at radius 2 is 2.07 bits per heavy atom. The van der Waals surface area contributed by atoms with Crippen LogP contribution in [0.2, 0.25) is 0 Å². The van der Waals surface area contributed by atoms with E-state index in [2.05, 4.69) is 20.8 Å². The molecule has 80 valence electrons. The van der Waals surface area contributed by atoms with E-state index in [9.17, 15) is 0 Å². The van der Waals surface area contributed by atoms with Gasteiger partial charge in [0.15, 0.2) is 0 Å². The average molecular weight is 213 g/mol. The molecule has 0 aromatic heterocycles. The lowest BCUT2D eigenvalue weighted by molar-refractivity contribution is -0.0220. The number of ether oxygens (including phenoxy) is 1. The summed E-state index contributed by atoms with van der Waals surface area (Å²) in [5.74, 6) is 0.784. The van der Waals surface area contributed by atoms with Crippen LogP contribution in [0.5, 0.6) is 0 Å². The van der Waals surface area contributed by atoms with Gasteiger partial charge in [-0.25, -0.2) is 0 Å². The summed E-state index contributed by atoms with van der Waals surface area (Å²) in [7, 11) is 0. The molecule has 0 saturated heterocycles. The maximum absolute atomic E-state index is 5.67. The fourth-order valence-electron chi connectivity index (χ4n) is 3.67. The molecule has 2 fully saturated rings. The van der Waals surface area contributed by atoms with Crippen molar-refractivity contribution in [3.8, 4) is 0 Å². The summed E-state index contributed by atoms with van der Waals surface area (Å²) in [6, 6.07) is 0. The van der Waals surface area contributed by atoms with E-state index < -0.39 is 0 Å². The third-order valence-electron chi connectivity index (χ3n) is 4.37. The molecule has 2 N–H and O–H groups in total. The lowest BCUT2D eigenvalue weighted by atomic mass is 9.70. The number of nitrogens with two attached hydrogens (primary N) is 1. The zero-order valence-corrected chi connectivity index (χ0v) is 9.99. The maximum atomic E-state index is 5.67. The molecule has 0 spiro atoms. The molecule has 0 heterocycles. The van der Waals surface area contributed by atoms with Crippen molar-refractivity contribution >= 4 is 17.4 Å². The second kappa shape index (κ2) is 2.84. The Labute approximate surface area is 91.2 Å². The molecule has 14 heavy (non-hydrogen) atoms. The predicted octanol–water partition coefficient (Wildman–Crippen LogP) is 2.46. The van der Waals surface area contributed by atoms with Crippen LogP contribution in [0.15, 0.2) is 0 Å². The first-order valence-corrected chi connectivity index (χ1v) is 5.73. The van der Waals surface area contributed by atoms with Crippen LogP contribution in [0, 0.1) is 16.7 Å². The highest BCUT2D eigenvalue weighted by atomic mass is 32.1. The van der Waals surface area contributed by atoms with Crippen molar-refractivity contribution in [2.75, 3.05) is 0 Å². The maximum Gasteiger partial charge on any atom is 0.254 e. The summed E-state index contributed by atoms with van der Waals surface area (Å²) < 4.78 is 5.67. The zero-order valence-electron chi connectivity index (χ0n) is 9.17. The first-order valence-electron chi connectivity index (χ1n) is 5.32. The van der Waals surface area contributed by atoms with E-state index in [0.717, 1.165) is 5.92 Å². The van der Waals surface area contributed by atoms with Gasteiger partial charge in [0.25, 0.3) is 5.17 Å². The first-order chi connectivity index (χ1) is 6.36. The fourth-order valence-corrected chi connectivity index (χ4v) is 3.76. The molecule has 2 nitrogen and oxygen atoms in total. The summed E-state index contributed by atoms with van der Waals surface area (Å²) in [5, 5.41) is 0.205. The minimum absolute atomic E-state index is 0.205. The van der Waals surface area contributed by atoms with Crippen molar-refractivity contribution in [2.45, 2.75) is 46.1 Å². The molecule has 2 saturated carbocycles. The summed E-state index contributed by atoms with van der Waals surface area (Å²) in [4.78, 5) is 0. The van der Waals surface area contributed by atoms with Crippen molar-refractivity contribution < 1.29 is 4.74 Å². The molecule has 2 bridgehead atoms. The summed E-state index contributed by atoms with van der Waals surface area (Å²) in [6.07, 6.45) is 4.08. The normalized spacial score (nSPS) is 43.9. The molecule has 3 atom stereocenters. The van der Waals surface area contributed by atoms with Gasteiger partial charge in [0.2, 0.25) is 0 Å². The average Bonchev–Trinajstić information content (AvgIpc) is 2.49. The number of hydrogen-bond donors (Lipinski definition) is 1. The first kappa shape index (κ1) is 10.2. The van der Waals surface area contributed by atoms with Crippen molar-refractivity contribution in [3.05, 3.63) is 0 Å². The molecule has 0 radical (unpaired) electrons. The minimum Gasteiger partial charge on any atom is -0.467 e. The van der Waals surface area contributed by atoms with Crippen LogP contribution >= 0.6 is 12.2 Å². The van der Waals surface area contributed by atoms with E-state index in [-0.39, 0.29) is 16.7 Å². The van der Waals surface area contributed by atoms with E-state index in [1.807, 2.05) is 0 Å². The molecule has 0 aromatic rings. The Hall–Kier alpha value is -0.310.